The number of rotatable bonds is 7. The second kappa shape index (κ2) is 11.0. The van der Waals surface area contributed by atoms with Crippen LogP contribution in [-0.2, 0) is 6.54 Å². The lowest BCUT2D eigenvalue weighted by molar-refractivity contribution is -0.000583. The van der Waals surface area contributed by atoms with Gasteiger partial charge in [0.2, 0.25) is 5.95 Å². The van der Waals surface area contributed by atoms with E-state index in [1.807, 2.05) is 18.2 Å². The second-order valence-corrected chi connectivity index (χ2v) is 10.7. The van der Waals surface area contributed by atoms with Gasteiger partial charge in [0.05, 0.1) is 24.9 Å². The highest BCUT2D eigenvalue weighted by Gasteiger charge is 2.50. The summed E-state index contributed by atoms with van der Waals surface area (Å²) in [5.74, 6) is -3.84. The molecule has 3 aliphatic rings. The van der Waals surface area contributed by atoms with Crippen molar-refractivity contribution in [3.05, 3.63) is 108 Å². The van der Waals surface area contributed by atoms with E-state index in [2.05, 4.69) is 31.9 Å². The first kappa shape index (κ1) is 26.5. The third-order valence-electron chi connectivity index (χ3n) is 8.15. The minimum absolute atomic E-state index is 0.136. The zero-order valence-corrected chi connectivity index (χ0v) is 22.2. The lowest BCUT2D eigenvalue weighted by atomic mass is 9.89. The van der Waals surface area contributed by atoms with E-state index in [9.17, 15) is 4.39 Å². The van der Waals surface area contributed by atoms with Crippen molar-refractivity contribution in [2.45, 2.75) is 31.2 Å². The summed E-state index contributed by atoms with van der Waals surface area (Å²) >= 11 is 0. The number of nitrogens with zero attached hydrogens (tertiary/aromatic N) is 6. The van der Waals surface area contributed by atoms with Crippen LogP contribution in [0.15, 0.2) is 90.8 Å². The summed E-state index contributed by atoms with van der Waals surface area (Å²) < 4.78 is 44.1. The van der Waals surface area contributed by atoms with E-state index in [4.69, 9.17) is 0 Å². The molecule has 208 valence electrons. The number of hydrogen-bond donors (Lipinski definition) is 1. The zero-order valence-electron chi connectivity index (χ0n) is 22.2. The molecule has 1 aromatic carbocycles. The summed E-state index contributed by atoms with van der Waals surface area (Å²) in [4.78, 5) is 16.6. The molecule has 3 aliphatic heterocycles. The first-order valence-electron chi connectivity index (χ1n) is 13.6. The van der Waals surface area contributed by atoms with E-state index in [0.717, 1.165) is 56.1 Å². The van der Waals surface area contributed by atoms with Crippen molar-refractivity contribution in [2.24, 2.45) is 5.92 Å². The maximum Gasteiger partial charge on any atom is 0.273 e. The van der Waals surface area contributed by atoms with Crippen molar-refractivity contribution in [1.29, 1.82) is 0 Å². The van der Waals surface area contributed by atoms with Crippen molar-refractivity contribution in [3.63, 3.8) is 0 Å². The Morgan fingerprint density at radius 2 is 1.73 bits per heavy atom. The fourth-order valence-corrected chi connectivity index (χ4v) is 6.07. The predicted molar refractivity (Wildman–Crippen MR) is 147 cm³/mol. The minimum atomic E-state index is -2.88. The van der Waals surface area contributed by atoms with Crippen LogP contribution in [0.3, 0.4) is 0 Å². The second-order valence-electron chi connectivity index (χ2n) is 10.7. The number of hydrazine groups is 1. The van der Waals surface area contributed by atoms with Crippen LogP contribution in [0.4, 0.5) is 19.1 Å². The molecule has 7 nitrogen and oxygen atoms in total. The number of benzene rings is 1. The van der Waals surface area contributed by atoms with Crippen LogP contribution in [0.1, 0.15) is 29.9 Å². The topological polar surface area (TPSA) is 60.4 Å². The Morgan fingerprint density at radius 1 is 1.02 bits per heavy atom. The Balaban J connectivity index is 1.26. The molecule has 2 fully saturated rings. The standard InChI is InChI=1S/C30H32F3N7/c1-21(39-19-27(30(32,33)20-39)23-5-3-2-4-6-23)26-17-37-40(29-35-15-25(31)16-36-29)28(26)24-9-13-38(14-10-24)18-22-7-11-34-12-8-22/h2-8,11-12,15-16,24,27,37H,1,9-10,13-14,17-20H2. The number of piperidine rings is 1. The van der Waals surface area contributed by atoms with E-state index in [-0.39, 0.29) is 19.0 Å². The molecule has 0 aliphatic carbocycles. The van der Waals surface area contributed by atoms with Crippen molar-refractivity contribution in [1.82, 2.24) is 30.2 Å². The number of alkyl halides is 2. The molecular formula is C30H32F3N7. The van der Waals surface area contributed by atoms with Gasteiger partial charge < -0.3 is 4.90 Å². The first-order valence-corrected chi connectivity index (χ1v) is 13.6. The molecule has 0 spiro atoms. The maximum atomic E-state index is 15.3. The lowest BCUT2D eigenvalue weighted by Crippen LogP contribution is -2.40. The molecule has 5 heterocycles. The Labute approximate surface area is 232 Å². The van der Waals surface area contributed by atoms with E-state index in [1.54, 1.807) is 46.6 Å². The predicted octanol–water partition coefficient (Wildman–Crippen LogP) is 4.75. The SMILES string of the molecule is C=C(C1=C(C2CCN(Cc3ccncc3)CC2)N(c2ncc(F)cn2)NC1)N1CC(c2ccccc2)C(F)(F)C1. The van der Waals surface area contributed by atoms with Gasteiger partial charge in [0, 0.05) is 54.9 Å². The quantitative estimate of drug-likeness (QED) is 0.458. The summed E-state index contributed by atoms with van der Waals surface area (Å²) in [6.07, 6.45) is 7.63. The molecule has 3 aromatic rings. The van der Waals surface area contributed by atoms with Gasteiger partial charge in [-0.15, -0.1) is 0 Å². The number of likely N-dealkylation sites (tertiary alicyclic amines) is 2. The number of aromatic nitrogens is 3. The van der Waals surface area contributed by atoms with Crippen molar-refractivity contribution < 1.29 is 13.2 Å². The molecule has 10 heteroatoms. The van der Waals surface area contributed by atoms with Crippen molar-refractivity contribution in [2.75, 3.05) is 37.7 Å². The number of anilines is 1. The Morgan fingerprint density at radius 3 is 2.42 bits per heavy atom. The van der Waals surface area contributed by atoms with Crippen LogP contribution in [0.25, 0.3) is 0 Å². The molecule has 1 N–H and O–H groups in total. The fraction of sp³-hybridized carbons (Fsp3) is 0.367. The van der Waals surface area contributed by atoms with E-state index < -0.39 is 17.7 Å². The number of nitrogens with one attached hydrogen (secondary N) is 1. The number of allylic oxidation sites excluding steroid dienone is 1. The lowest BCUT2D eigenvalue weighted by Gasteiger charge is -2.35. The van der Waals surface area contributed by atoms with E-state index in [0.29, 0.717) is 23.8 Å². The van der Waals surface area contributed by atoms with Gasteiger partial charge in [-0.3, -0.25) is 9.88 Å². The van der Waals surface area contributed by atoms with Gasteiger partial charge in [0.15, 0.2) is 5.82 Å². The smallest absolute Gasteiger partial charge is 0.273 e. The molecule has 2 aromatic heterocycles. The molecule has 6 rings (SSSR count). The van der Waals surface area contributed by atoms with Gasteiger partial charge in [-0.2, -0.15) is 0 Å². The average molecular weight is 548 g/mol. The van der Waals surface area contributed by atoms with Crippen molar-refractivity contribution in [3.8, 4) is 0 Å². The molecule has 40 heavy (non-hydrogen) atoms. The highest BCUT2D eigenvalue weighted by Crippen LogP contribution is 2.44. The summed E-state index contributed by atoms with van der Waals surface area (Å²) in [5, 5.41) is 1.80. The van der Waals surface area contributed by atoms with E-state index in [1.165, 1.54) is 5.56 Å². The van der Waals surface area contributed by atoms with E-state index >= 15 is 8.78 Å². The summed E-state index contributed by atoms with van der Waals surface area (Å²) in [6.45, 7) is 7.13. The van der Waals surface area contributed by atoms with Crippen LogP contribution < -0.4 is 10.4 Å². The molecule has 0 radical (unpaired) electrons. The molecular weight excluding hydrogens is 515 g/mol. The number of hydrogen-bond acceptors (Lipinski definition) is 7. The van der Waals surface area contributed by atoms with Crippen LogP contribution >= 0.6 is 0 Å². The van der Waals surface area contributed by atoms with Crippen LogP contribution in [-0.4, -0.2) is 63.4 Å². The van der Waals surface area contributed by atoms with Gasteiger partial charge in [-0.05, 0) is 49.2 Å². The summed E-state index contributed by atoms with van der Waals surface area (Å²) in [5.41, 5.74) is 7.57. The summed E-state index contributed by atoms with van der Waals surface area (Å²) in [7, 11) is 0. The maximum absolute atomic E-state index is 15.3. The van der Waals surface area contributed by atoms with Crippen molar-refractivity contribution >= 4 is 5.95 Å². The first-order chi connectivity index (χ1) is 19.4. The minimum Gasteiger partial charge on any atom is -0.365 e. The van der Waals surface area contributed by atoms with Gasteiger partial charge >= 0.3 is 0 Å². The zero-order chi connectivity index (χ0) is 27.7. The average Bonchev–Trinajstić information content (AvgIpc) is 3.55. The number of pyridine rings is 1. The monoisotopic (exact) mass is 547 g/mol. The van der Waals surface area contributed by atoms with Crippen LogP contribution in [0.2, 0.25) is 0 Å². The van der Waals surface area contributed by atoms with Gasteiger partial charge in [0.25, 0.3) is 5.92 Å². The molecule has 2 saturated heterocycles. The molecule has 0 bridgehead atoms. The summed E-state index contributed by atoms with van der Waals surface area (Å²) in [6, 6.07) is 13.0. The van der Waals surface area contributed by atoms with Crippen LogP contribution in [0.5, 0.6) is 0 Å². The molecule has 0 saturated carbocycles. The molecule has 1 unspecified atom stereocenters. The Kier molecular flexibility index (Phi) is 7.29. The highest BCUT2D eigenvalue weighted by molar-refractivity contribution is 5.51. The van der Waals surface area contributed by atoms with Crippen LogP contribution in [0, 0.1) is 11.7 Å². The van der Waals surface area contributed by atoms with Gasteiger partial charge in [0.1, 0.15) is 0 Å². The Hall–Kier alpha value is -3.76. The molecule has 1 atom stereocenters. The largest absolute Gasteiger partial charge is 0.365 e. The molecule has 0 amide bonds. The normalized spacial score (nSPS) is 21.8. The Bertz CT molecular complexity index is 1360. The van der Waals surface area contributed by atoms with Gasteiger partial charge in [-0.25, -0.2) is 33.6 Å². The highest BCUT2D eigenvalue weighted by atomic mass is 19.3. The van der Waals surface area contributed by atoms with Gasteiger partial charge in [-0.1, -0.05) is 36.9 Å². The number of halogens is 3. The third kappa shape index (κ3) is 5.33. The fourth-order valence-electron chi connectivity index (χ4n) is 6.07. The third-order valence-corrected chi connectivity index (χ3v) is 8.15.